The van der Waals surface area contributed by atoms with Crippen LogP contribution in [0.1, 0.15) is 44.5 Å². The van der Waals surface area contributed by atoms with Crippen LogP contribution >= 0.6 is 0 Å². The van der Waals surface area contributed by atoms with E-state index < -0.39 is 5.41 Å². The number of fused-ring (bicyclic) bond motifs is 3. The fourth-order valence-corrected chi connectivity index (χ4v) is 5.30. The highest BCUT2D eigenvalue weighted by atomic mass is 16.5. The Morgan fingerprint density at radius 2 is 1.88 bits per heavy atom. The molecule has 3 heterocycles. The Hall–Kier alpha value is -2.83. The van der Waals surface area contributed by atoms with E-state index in [1.165, 1.54) is 5.56 Å². The highest BCUT2D eigenvalue weighted by Crippen LogP contribution is 2.32. The molecule has 40 heavy (non-hydrogen) atoms. The third kappa shape index (κ3) is 6.90. The highest BCUT2D eigenvalue weighted by Gasteiger charge is 2.27. The minimum atomic E-state index is -0.734. The third-order valence-corrected chi connectivity index (χ3v) is 7.85. The van der Waals surface area contributed by atoms with Crippen molar-refractivity contribution in [1.29, 1.82) is 0 Å². The molecule has 0 unspecified atom stereocenters. The normalized spacial score (nSPS) is 15.0. The van der Waals surface area contributed by atoms with Gasteiger partial charge in [-0.1, -0.05) is 19.1 Å². The van der Waals surface area contributed by atoms with Gasteiger partial charge in [-0.2, -0.15) is 0 Å². The van der Waals surface area contributed by atoms with Crippen molar-refractivity contribution in [1.82, 2.24) is 24.3 Å². The molecule has 3 aromatic rings. The van der Waals surface area contributed by atoms with Crippen LogP contribution < -0.4 is 11.5 Å². The lowest BCUT2D eigenvalue weighted by Crippen LogP contribution is -2.48. The lowest BCUT2D eigenvalue weighted by atomic mass is 9.92. The van der Waals surface area contributed by atoms with Crippen molar-refractivity contribution in [3.8, 4) is 0 Å². The second kappa shape index (κ2) is 13.7. The fourth-order valence-electron chi connectivity index (χ4n) is 5.30. The van der Waals surface area contributed by atoms with E-state index in [-0.39, 0.29) is 19.1 Å². The second-order valence-electron chi connectivity index (χ2n) is 11.1. The van der Waals surface area contributed by atoms with Crippen LogP contribution in [0.25, 0.3) is 21.9 Å². The minimum absolute atomic E-state index is 0.167. The van der Waals surface area contributed by atoms with Crippen molar-refractivity contribution in [2.45, 2.75) is 52.7 Å². The quantitative estimate of drug-likeness (QED) is 0.232. The molecule has 0 atom stereocenters. The van der Waals surface area contributed by atoms with Crippen LogP contribution in [0.5, 0.6) is 0 Å². The Labute approximate surface area is 236 Å². The lowest BCUT2D eigenvalue weighted by Gasteiger charge is -2.34. The van der Waals surface area contributed by atoms with Crippen LogP contribution in [0.2, 0.25) is 0 Å². The van der Waals surface area contributed by atoms with Gasteiger partial charge in [-0.25, -0.2) is 9.97 Å². The van der Waals surface area contributed by atoms with E-state index >= 15 is 0 Å². The summed E-state index contributed by atoms with van der Waals surface area (Å²) in [6.45, 7) is 9.54. The molecule has 220 valence electrons. The Bertz CT molecular complexity index is 1280. The number of aliphatic hydroxyl groups is 2. The van der Waals surface area contributed by atoms with E-state index in [2.05, 4.69) is 28.1 Å². The molecule has 11 heteroatoms. The van der Waals surface area contributed by atoms with E-state index in [1.54, 1.807) is 0 Å². The van der Waals surface area contributed by atoms with Crippen molar-refractivity contribution in [2.24, 2.45) is 11.1 Å². The first-order valence-corrected chi connectivity index (χ1v) is 14.4. The van der Waals surface area contributed by atoms with Crippen molar-refractivity contribution < 1.29 is 19.7 Å². The first kappa shape index (κ1) is 30.1. The number of carbonyl (C=O) groups is 1. The number of nitrogen functional groups attached to an aromatic ring is 1. The van der Waals surface area contributed by atoms with Crippen LogP contribution in [0.15, 0.2) is 18.2 Å². The van der Waals surface area contributed by atoms with E-state index in [1.807, 2.05) is 23.3 Å². The van der Waals surface area contributed by atoms with E-state index in [9.17, 15) is 15.0 Å². The number of pyridine rings is 1. The summed E-state index contributed by atoms with van der Waals surface area (Å²) in [6, 6.07) is 6.30. The fraction of sp³-hybridized carbons (Fsp3) is 0.621. The number of hydrogen-bond acceptors (Lipinski definition) is 9. The van der Waals surface area contributed by atoms with Gasteiger partial charge in [0.1, 0.15) is 17.9 Å². The molecule has 1 amide bonds. The summed E-state index contributed by atoms with van der Waals surface area (Å²) in [7, 11) is 0. The van der Waals surface area contributed by atoms with Gasteiger partial charge in [0.05, 0.1) is 24.2 Å². The largest absolute Gasteiger partial charge is 0.396 e. The number of hydrogen-bond donors (Lipinski definition) is 4. The van der Waals surface area contributed by atoms with E-state index in [4.69, 9.17) is 21.2 Å². The molecular weight excluding hydrogens is 510 g/mol. The van der Waals surface area contributed by atoms with Crippen LogP contribution in [-0.4, -0.2) is 99.5 Å². The molecule has 1 aromatic carbocycles. The molecule has 0 radical (unpaired) electrons. The maximum absolute atomic E-state index is 12.2. The molecule has 1 saturated heterocycles. The maximum atomic E-state index is 12.2. The van der Waals surface area contributed by atoms with Gasteiger partial charge in [-0.15, -0.1) is 0 Å². The predicted octanol–water partition coefficient (Wildman–Crippen LogP) is 1.51. The third-order valence-electron chi connectivity index (χ3n) is 7.85. The van der Waals surface area contributed by atoms with Crippen molar-refractivity contribution >= 4 is 33.7 Å². The Morgan fingerprint density at radius 1 is 1.12 bits per heavy atom. The first-order valence-electron chi connectivity index (χ1n) is 14.4. The molecule has 0 aliphatic carbocycles. The van der Waals surface area contributed by atoms with Gasteiger partial charge in [-0.05, 0) is 50.9 Å². The maximum Gasteiger partial charge on any atom is 0.222 e. The molecule has 0 saturated carbocycles. The first-order chi connectivity index (χ1) is 19.3. The van der Waals surface area contributed by atoms with Gasteiger partial charge in [0.25, 0.3) is 0 Å². The molecule has 1 aliphatic heterocycles. The summed E-state index contributed by atoms with van der Waals surface area (Å²) in [5.41, 5.74) is 14.6. The number of carbonyl (C=O) groups excluding carboxylic acids is 1. The monoisotopic (exact) mass is 555 g/mol. The summed E-state index contributed by atoms with van der Waals surface area (Å²) < 4.78 is 7.68. The molecule has 0 spiro atoms. The number of benzene rings is 1. The topological polar surface area (TPSA) is 156 Å². The van der Waals surface area contributed by atoms with Gasteiger partial charge in [0.2, 0.25) is 5.91 Å². The Kier molecular flexibility index (Phi) is 10.3. The van der Waals surface area contributed by atoms with E-state index in [0.717, 1.165) is 68.4 Å². The summed E-state index contributed by atoms with van der Waals surface area (Å²) in [6.07, 6.45) is 3.21. The Morgan fingerprint density at radius 3 is 2.55 bits per heavy atom. The van der Waals surface area contributed by atoms with Crippen molar-refractivity contribution in [3.63, 3.8) is 0 Å². The molecule has 6 N–H and O–H groups in total. The zero-order valence-corrected chi connectivity index (χ0v) is 23.9. The number of imidazole rings is 1. The standard InChI is InChI=1S/C29H45N7O4/c1-3-40-17-24-33-26-27(36(24)18-29(2,19-37)20-38)22-9-8-21(16-23(22)32-28(26)31)6-5-11-34-12-14-35(15-13-34)25(39)7-4-10-30/h8-9,16,37-38H,3-7,10-15,17-20,30H2,1-2H3,(H2,31,32). The van der Waals surface area contributed by atoms with Crippen molar-refractivity contribution in [2.75, 3.05) is 64.8 Å². The lowest BCUT2D eigenvalue weighted by molar-refractivity contribution is -0.133. The highest BCUT2D eigenvalue weighted by molar-refractivity contribution is 6.06. The average Bonchev–Trinajstić information content (AvgIpc) is 3.33. The number of aromatic nitrogens is 3. The number of nitrogens with two attached hydrogens (primary N) is 2. The molecule has 1 aliphatic rings. The molecule has 11 nitrogen and oxygen atoms in total. The van der Waals surface area contributed by atoms with Crippen LogP contribution in [0.3, 0.4) is 0 Å². The number of aryl methyl sites for hydroxylation is 1. The molecule has 4 rings (SSSR count). The number of ether oxygens (including phenoxy) is 1. The minimum Gasteiger partial charge on any atom is -0.396 e. The Balaban J connectivity index is 1.49. The van der Waals surface area contributed by atoms with Gasteiger partial charge in [0.15, 0.2) is 5.82 Å². The number of aliphatic hydroxyl groups excluding tert-OH is 2. The summed E-state index contributed by atoms with van der Waals surface area (Å²) in [5.74, 6) is 1.26. The number of piperazine rings is 1. The summed E-state index contributed by atoms with van der Waals surface area (Å²) >= 11 is 0. The number of rotatable bonds is 14. The molecular formula is C29H45N7O4. The van der Waals surface area contributed by atoms with Crippen LogP contribution in [0.4, 0.5) is 5.82 Å². The second-order valence-corrected chi connectivity index (χ2v) is 11.1. The van der Waals surface area contributed by atoms with Crippen molar-refractivity contribution in [3.05, 3.63) is 29.6 Å². The molecule has 0 bridgehead atoms. The smallest absolute Gasteiger partial charge is 0.222 e. The zero-order valence-electron chi connectivity index (χ0n) is 23.9. The molecule has 2 aromatic heterocycles. The van der Waals surface area contributed by atoms with Gasteiger partial charge in [0, 0.05) is 56.6 Å². The van der Waals surface area contributed by atoms with Gasteiger partial charge >= 0.3 is 0 Å². The summed E-state index contributed by atoms with van der Waals surface area (Å²) in [5, 5.41) is 20.9. The zero-order chi connectivity index (χ0) is 28.7. The molecule has 1 fully saturated rings. The number of anilines is 1. The van der Waals surface area contributed by atoms with Gasteiger partial charge in [-0.3, -0.25) is 9.69 Å². The number of nitrogens with zero attached hydrogens (tertiary/aromatic N) is 5. The van der Waals surface area contributed by atoms with E-state index in [0.29, 0.717) is 49.9 Å². The summed E-state index contributed by atoms with van der Waals surface area (Å²) in [4.78, 5) is 26.1. The average molecular weight is 556 g/mol. The van der Waals surface area contributed by atoms with Gasteiger partial charge < -0.3 is 35.9 Å². The predicted molar refractivity (Wildman–Crippen MR) is 157 cm³/mol. The SMILES string of the molecule is CCOCc1nc2c(N)nc3cc(CCCN4CCN(C(=O)CCCN)CC4)ccc3c2n1CC(C)(CO)CO. The van der Waals surface area contributed by atoms with Crippen LogP contribution in [-0.2, 0) is 29.1 Å². The number of amides is 1. The van der Waals surface area contributed by atoms with Crippen LogP contribution in [0, 0.1) is 5.41 Å².